The van der Waals surface area contributed by atoms with Gasteiger partial charge in [-0.05, 0) is 79.9 Å². The number of sulfonamides is 1. The third-order valence-corrected chi connectivity index (χ3v) is 8.97. The average molecular weight is 529 g/mol. The number of rotatable bonds is 5. The molecule has 9 heteroatoms. The lowest BCUT2D eigenvalue weighted by Crippen LogP contribution is -2.42. The molecule has 5 rings (SSSR count). The fourth-order valence-electron chi connectivity index (χ4n) is 5.08. The first-order valence-electron chi connectivity index (χ1n) is 11.9. The molecule has 0 spiro atoms. The molecule has 36 heavy (non-hydrogen) atoms. The Hall–Kier alpha value is -3.10. The van der Waals surface area contributed by atoms with Crippen molar-refractivity contribution in [3.8, 4) is 5.75 Å². The molecule has 0 saturated heterocycles. The Morgan fingerprint density at radius 1 is 1.06 bits per heavy atom. The number of carbonyl (C=O) groups is 1. The summed E-state index contributed by atoms with van der Waals surface area (Å²) in [7, 11) is -3.98. The molecule has 3 aromatic carbocycles. The summed E-state index contributed by atoms with van der Waals surface area (Å²) in [6.07, 6.45) is 2.93. The van der Waals surface area contributed by atoms with Crippen LogP contribution in [0.4, 0.5) is 15.8 Å². The van der Waals surface area contributed by atoms with E-state index in [2.05, 4.69) is 5.32 Å². The van der Waals surface area contributed by atoms with E-state index in [1.807, 2.05) is 12.1 Å². The van der Waals surface area contributed by atoms with Gasteiger partial charge in [-0.3, -0.25) is 9.10 Å². The number of halogens is 2. The summed E-state index contributed by atoms with van der Waals surface area (Å²) in [4.78, 5) is 13.6. The number of carbonyl (C=O) groups excluding carboxylic acids is 1. The summed E-state index contributed by atoms with van der Waals surface area (Å²) in [5, 5.41) is 3.63. The quantitative estimate of drug-likeness (QED) is 0.447. The zero-order valence-corrected chi connectivity index (χ0v) is 21.3. The van der Waals surface area contributed by atoms with Crippen LogP contribution in [0.25, 0.3) is 0 Å². The highest BCUT2D eigenvalue weighted by atomic mass is 35.5. The van der Waals surface area contributed by atoms with Gasteiger partial charge < -0.3 is 10.1 Å². The van der Waals surface area contributed by atoms with Gasteiger partial charge in [0, 0.05) is 10.7 Å². The molecule has 1 atom stereocenters. The van der Waals surface area contributed by atoms with Crippen molar-refractivity contribution in [1.82, 2.24) is 0 Å². The molecule has 1 N–H and O–H groups in total. The van der Waals surface area contributed by atoms with Crippen LogP contribution in [0.1, 0.15) is 38.2 Å². The Labute approximate surface area is 215 Å². The van der Waals surface area contributed by atoms with E-state index >= 15 is 0 Å². The van der Waals surface area contributed by atoms with Crippen LogP contribution >= 0.6 is 11.6 Å². The minimum Gasteiger partial charge on any atom is -0.487 e. The Morgan fingerprint density at radius 2 is 1.72 bits per heavy atom. The van der Waals surface area contributed by atoms with Gasteiger partial charge >= 0.3 is 0 Å². The second-order valence-electron chi connectivity index (χ2n) is 9.35. The minimum absolute atomic E-state index is 0.0222. The van der Waals surface area contributed by atoms with Crippen LogP contribution in [0.15, 0.2) is 71.6 Å². The molecular formula is C27H26ClFN2O4S. The van der Waals surface area contributed by atoms with Crippen molar-refractivity contribution >= 4 is 38.9 Å². The van der Waals surface area contributed by atoms with Crippen molar-refractivity contribution < 1.29 is 22.3 Å². The fraction of sp³-hybridized carbons (Fsp3) is 0.296. The molecule has 6 nitrogen and oxygen atoms in total. The van der Waals surface area contributed by atoms with Gasteiger partial charge in [-0.15, -0.1) is 0 Å². The number of amides is 1. The molecule has 1 aliphatic heterocycles. The van der Waals surface area contributed by atoms with Crippen molar-refractivity contribution in [3.63, 3.8) is 0 Å². The van der Waals surface area contributed by atoms with Gasteiger partial charge in [-0.1, -0.05) is 36.6 Å². The minimum atomic E-state index is -3.98. The van der Waals surface area contributed by atoms with Crippen molar-refractivity contribution in [2.24, 2.45) is 0 Å². The smallest absolute Gasteiger partial charge is 0.264 e. The zero-order chi connectivity index (χ0) is 25.5. The number of fused-ring (bicyclic) bond motifs is 1. The maximum atomic E-state index is 13.6. The largest absolute Gasteiger partial charge is 0.487 e. The molecule has 0 aromatic heterocycles. The molecule has 188 valence electrons. The molecule has 2 aliphatic rings. The van der Waals surface area contributed by atoms with Gasteiger partial charge in [0.15, 0.2) is 0 Å². The number of nitrogens with one attached hydrogen (secondary N) is 1. The first-order chi connectivity index (χ1) is 17.2. The van der Waals surface area contributed by atoms with Gasteiger partial charge in [-0.25, -0.2) is 12.8 Å². The highest BCUT2D eigenvalue weighted by Crippen LogP contribution is 2.43. The van der Waals surface area contributed by atoms with Gasteiger partial charge in [0.1, 0.15) is 17.7 Å². The second-order valence-corrected chi connectivity index (χ2v) is 11.7. The number of benzene rings is 3. The van der Waals surface area contributed by atoms with E-state index < -0.39 is 21.3 Å². The molecule has 1 amide bonds. The van der Waals surface area contributed by atoms with Gasteiger partial charge in [0.05, 0.1) is 22.5 Å². The summed E-state index contributed by atoms with van der Waals surface area (Å²) in [6, 6.07) is 17.1. The van der Waals surface area contributed by atoms with Gasteiger partial charge in [0.25, 0.3) is 10.0 Å². The topological polar surface area (TPSA) is 75.7 Å². The molecular weight excluding hydrogens is 503 g/mol. The summed E-state index contributed by atoms with van der Waals surface area (Å²) in [6.45, 7) is 1.86. The van der Waals surface area contributed by atoms with E-state index in [-0.39, 0.29) is 23.5 Å². The third-order valence-electron chi connectivity index (χ3n) is 6.93. The number of ether oxygens (including phenoxy) is 1. The molecule has 3 aromatic rings. The Kier molecular flexibility index (Phi) is 6.43. The third kappa shape index (κ3) is 4.44. The second kappa shape index (κ2) is 9.41. The van der Waals surface area contributed by atoms with Crippen molar-refractivity contribution in [1.29, 1.82) is 0 Å². The molecule has 0 radical (unpaired) electrons. The number of nitrogens with zero attached hydrogens (tertiary/aromatic N) is 1. The van der Waals surface area contributed by atoms with Crippen LogP contribution in [-0.4, -0.2) is 27.0 Å². The van der Waals surface area contributed by atoms with E-state index in [0.29, 0.717) is 22.1 Å². The normalized spacial score (nSPS) is 18.9. The summed E-state index contributed by atoms with van der Waals surface area (Å²) in [5.41, 5.74) is 1.03. The fourth-order valence-corrected chi connectivity index (χ4v) is 6.75. The first kappa shape index (κ1) is 24.6. The van der Waals surface area contributed by atoms with E-state index in [4.69, 9.17) is 16.3 Å². The lowest BCUT2D eigenvalue weighted by Gasteiger charge is -2.34. The first-order valence-corrected chi connectivity index (χ1v) is 13.7. The summed E-state index contributed by atoms with van der Waals surface area (Å²) < 4.78 is 47.5. The Bertz CT molecular complexity index is 1390. The molecule has 0 bridgehead atoms. The van der Waals surface area contributed by atoms with Crippen LogP contribution in [0.5, 0.6) is 5.75 Å². The average Bonchev–Trinajstić information content (AvgIpc) is 3.36. The Morgan fingerprint density at radius 3 is 2.39 bits per heavy atom. The predicted molar refractivity (Wildman–Crippen MR) is 138 cm³/mol. The molecule has 1 saturated carbocycles. The van der Waals surface area contributed by atoms with Crippen molar-refractivity contribution in [2.45, 2.75) is 49.0 Å². The maximum Gasteiger partial charge on any atom is 0.264 e. The van der Waals surface area contributed by atoms with Crippen molar-refractivity contribution in [3.05, 3.63) is 83.1 Å². The SMILES string of the molecule is CC1CN(S(=O)(=O)c2ccc(F)cc2)c2cc(NC(=O)C3(c4ccc(Cl)cc4)CCCC3)ccc2O1. The van der Waals surface area contributed by atoms with Crippen LogP contribution < -0.4 is 14.4 Å². The lowest BCUT2D eigenvalue weighted by atomic mass is 9.78. The predicted octanol–water partition coefficient (Wildman–Crippen LogP) is 5.91. The van der Waals surface area contributed by atoms with Crippen LogP contribution in [0.3, 0.4) is 0 Å². The molecule has 1 aliphatic carbocycles. The number of hydrogen-bond donors (Lipinski definition) is 1. The zero-order valence-electron chi connectivity index (χ0n) is 19.7. The number of anilines is 2. The van der Waals surface area contributed by atoms with E-state index in [9.17, 15) is 17.6 Å². The number of hydrogen-bond acceptors (Lipinski definition) is 4. The summed E-state index contributed by atoms with van der Waals surface area (Å²) in [5.74, 6) is -0.262. The van der Waals surface area contributed by atoms with Crippen LogP contribution in [0, 0.1) is 5.82 Å². The lowest BCUT2D eigenvalue weighted by molar-refractivity contribution is -0.121. The van der Waals surface area contributed by atoms with Crippen LogP contribution in [-0.2, 0) is 20.2 Å². The van der Waals surface area contributed by atoms with Gasteiger partial charge in [0.2, 0.25) is 5.91 Å². The van der Waals surface area contributed by atoms with E-state index in [0.717, 1.165) is 43.4 Å². The van der Waals surface area contributed by atoms with Crippen molar-refractivity contribution in [2.75, 3.05) is 16.2 Å². The molecule has 1 unspecified atom stereocenters. The monoisotopic (exact) mass is 528 g/mol. The summed E-state index contributed by atoms with van der Waals surface area (Å²) >= 11 is 6.07. The molecule has 1 heterocycles. The van der Waals surface area contributed by atoms with Crippen LogP contribution in [0.2, 0.25) is 5.02 Å². The highest BCUT2D eigenvalue weighted by molar-refractivity contribution is 7.92. The standard InChI is InChI=1S/C27H26ClFN2O4S/c1-18-17-31(36(33,34)23-11-8-21(29)9-12-23)24-16-22(10-13-25(24)35-18)30-26(32)27(14-2-3-15-27)19-4-6-20(28)7-5-19/h4-13,16,18H,2-3,14-15,17H2,1H3,(H,30,32). The van der Waals surface area contributed by atoms with E-state index in [1.165, 1.54) is 16.4 Å². The van der Waals surface area contributed by atoms with E-state index in [1.54, 1.807) is 37.3 Å². The highest BCUT2D eigenvalue weighted by Gasteiger charge is 2.43. The Balaban J connectivity index is 1.48. The van der Waals surface area contributed by atoms with Gasteiger partial charge in [-0.2, -0.15) is 0 Å². The maximum absolute atomic E-state index is 13.6. The molecule has 1 fully saturated rings.